The summed E-state index contributed by atoms with van der Waals surface area (Å²) in [6.45, 7) is 4.82. The van der Waals surface area contributed by atoms with Crippen LogP contribution < -0.4 is 5.32 Å². The van der Waals surface area contributed by atoms with Gasteiger partial charge in [0.1, 0.15) is 15.8 Å². The molecule has 8 nitrogen and oxygen atoms in total. The Morgan fingerprint density at radius 3 is 2.94 bits per heavy atom. The second kappa shape index (κ2) is 10.5. The van der Waals surface area contributed by atoms with Gasteiger partial charge in [0.15, 0.2) is 0 Å². The molecule has 2 aliphatic heterocycles. The van der Waals surface area contributed by atoms with Crippen LogP contribution in [0.15, 0.2) is 18.3 Å². The van der Waals surface area contributed by atoms with Crippen LogP contribution in [0.1, 0.15) is 40.6 Å². The lowest BCUT2D eigenvalue weighted by Crippen LogP contribution is -2.47. The van der Waals surface area contributed by atoms with E-state index in [0.29, 0.717) is 44.3 Å². The number of piperidine rings is 1. The zero-order valence-electron chi connectivity index (χ0n) is 18.0. The predicted molar refractivity (Wildman–Crippen MR) is 119 cm³/mol. The topological polar surface area (TPSA) is 84.0 Å². The molecule has 2 saturated heterocycles. The average Bonchev–Trinajstić information content (AvgIpc) is 3.20. The Morgan fingerprint density at radius 2 is 2.13 bits per heavy atom. The van der Waals surface area contributed by atoms with Gasteiger partial charge in [-0.15, -0.1) is 11.3 Å². The van der Waals surface area contributed by atoms with Crippen LogP contribution in [0.2, 0.25) is 0 Å². The number of methoxy groups -OCH3 is 1. The van der Waals surface area contributed by atoms with Gasteiger partial charge in [-0.25, -0.2) is 4.98 Å². The zero-order valence-corrected chi connectivity index (χ0v) is 18.8. The summed E-state index contributed by atoms with van der Waals surface area (Å²) in [6, 6.07) is 3.84. The Hall–Kier alpha value is -2.07. The lowest BCUT2D eigenvalue weighted by Gasteiger charge is -2.35. The summed E-state index contributed by atoms with van der Waals surface area (Å²) in [4.78, 5) is 35.8. The number of rotatable bonds is 7. The Morgan fingerprint density at radius 1 is 1.29 bits per heavy atom. The number of nitrogens with one attached hydrogen (secondary N) is 1. The fourth-order valence-corrected chi connectivity index (χ4v) is 5.36. The summed E-state index contributed by atoms with van der Waals surface area (Å²) in [7, 11) is 1.60. The van der Waals surface area contributed by atoms with Crippen molar-refractivity contribution in [3.8, 4) is 0 Å². The SMILES string of the molecule is COCCNC(=O)c1sc2ncccc2c1[C@H]1CN(C(=O)CN2CCCCC2)CCO1. The first kappa shape index (κ1) is 22.1. The van der Waals surface area contributed by atoms with Gasteiger partial charge in [0.2, 0.25) is 5.91 Å². The molecule has 0 unspecified atom stereocenters. The van der Waals surface area contributed by atoms with Gasteiger partial charge in [0.05, 0.1) is 26.3 Å². The third-order valence-corrected chi connectivity index (χ3v) is 6.98. The number of carbonyl (C=O) groups excluding carboxylic acids is 2. The molecule has 2 amide bonds. The molecule has 2 fully saturated rings. The predicted octanol–water partition coefficient (Wildman–Crippen LogP) is 2.06. The number of nitrogens with zero attached hydrogens (tertiary/aromatic N) is 3. The average molecular weight is 447 g/mol. The number of hydrogen-bond donors (Lipinski definition) is 1. The fourth-order valence-electron chi connectivity index (χ4n) is 4.25. The number of amides is 2. The number of morpholine rings is 1. The van der Waals surface area contributed by atoms with Crippen LogP contribution in [0.25, 0.3) is 10.2 Å². The largest absolute Gasteiger partial charge is 0.383 e. The number of hydrogen-bond acceptors (Lipinski definition) is 7. The number of aromatic nitrogens is 1. The second-order valence-corrected chi connectivity index (χ2v) is 8.98. The van der Waals surface area contributed by atoms with Gasteiger partial charge >= 0.3 is 0 Å². The van der Waals surface area contributed by atoms with Crippen LogP contribution in [0, 0.1) is 0 Å². The number of likely N-dealkylation sites (tertiary alicyclic amines) is 1. The molecule has 2 aliphatic rings. The van der Waals surface area contributed by atoms with Crippen molar-refractivity contribution < 1.29 is 19.1 Å². The Labute approximate surface area is 186 Å². The van der Waals surface area contributed by atoms with Crippen molar-refractivity contribution in [3.05, 3.63) is 28.8 Å². The number of carbonyl (C=O) groups is 2. The summed E-state index contributed by atoms with van der Waals surface area (Å²) in [6.07, 6.45) is 4.95. The van der Waals surface area contributed by atoms with Crippen molar-refractivity contribution in [2.45, 2.75) is 25.4 Å². The van der Waals surface area contributed by atoms with Crippen LogP contribution in [-0.2, 0) is 14.3 Å². The number of ether oxygens (including phenoxy) is 2. The van der Waals surface area contributed by atoms with Crippen molar-refractivity contribution in [2.75, 3.05) is 59.6 Å². The van der Waals surface area contributed by atoms with Gasteiger partial charge in [-0.1, -0.05) is 12.5 Å². The van der Waals surface area contributed by atoms with E-state index in [1.807, 2.05) is 17.0 Å². The van der Waals surface area contributed by atoms with Crippen molar-refractivity contribution in [3.63, 3.8) is 0 Å². The standard InChI is InChI=1S/C22H30N4O4S/c1-29-12-8-23-21(28)20-19(16-6-5-7-24-22(16)31-20)17-14-26(11-13-30-17)18(27)15-25-9-3-2-4-10-25/h5-7,17H,2-4,8-15H2,1H3,(H,23,28)/t17-/m1/s1. The van der Waals surface area contributed by atoms with Crippen molar-refractivity contribution in [2.24, 2.45) is 0 Å². The quantitative estimate of drug-likeness (QED) is 0.656. The van der Waals surface area contributed by atoms with E-state index in [-0.39, 0.29) is 17.9 Å². The molecular formula is C22H30N4O4S. The third-order valence-electron chi connectivity index (χ3n) is 5.85. The van der Waals surface area contributed by atoms with E-state index in [9.17, 15) is 9.59 Å². The molecule has 0 saturated carbocycles. The van der Waals surface area contributed by atoms with E-state index < -0.39 is 0 Å². The minimum atomic E-state index is -0.347. The highest BCUT2D eigenvalue weighted by Crippen LogP contribution is 2.37. The smallest absolute Gasteiger partial charge is 0.261 e. The van der Waals surface area contributed by atoms with Gasteiger partial charge in [0.25, 0.3) is 5.91 Å². The highest BCUT2D eigenvalue weighted by atomic mass is 32.1. The molecule has 9 heteroatoms. The maximum absolute atomic E-state index is 13.0. The first-order valence-corrected chi connectivity index (χ1v) is 11.8. The normalized spacial score (nSPS) is 20.2. The molecule has 4 heterocycles. The van der Waals surface area contributed by atoms with Crippen LogP contribution in [-0.4, -0.2) is 86.2 Å². The maximum atomic E-state index is 13.0. The lowest BCUT2D eigenvalue weighted by molar-refractivity contribution is -0.140. The highest BCUT2D eigenvalue weighted by molar-refractivity contribution is 7.20. The van der Waals surface area contributed by atoms with Gasteiger partial charge < -0.3 is 19.7 Å². The molecule has 0 aliphatic carbocycles. The molecule has 0 aromatic carbocycles. The molecule has 168 valence electrons. The van der Waals surface area contributed by atoms with Crippen LogP contribution in [0.5, 0.6) is 0 Å². The molecule has 2 aromatic rings. The van der Waals surface area contributed by atoms with E-state index >= 15 is 0 Å². The summed E-state index contributed by atoms with van der Waals surface area (Å²) < 4.78 is 11.1. The summed E-state index contributed by atoms with van der Waals surface area (Å²) >= 11 is 1.37. The van der Waals surface area contributed by atoms with E-state index in [1.165, 1.54) is 17.8 Å². The van der Waals surface area contributed by atoms with Crippen LogP contribution in [0.3, 0.4) is 0 Å². The van der Waals surface area contributed by atoms with Gasteiger partial charge in [0, 0.05) is 37.3 Å². The molecule has 0 spiro atoms. The Bertz CT molecular complexity index is 912. The van der Waals surface area contributed by atoms with E-state index in [1.54, 1.807) is 13.3 Å². The Balaban J connectivity index is 1.53. The number of thiophene rings is 1. The second-order valence-electron chi connectivity index (χ2n) is 7.99. The maximum Gasteiger partial charge on any atom is 0.261 e. The van der Waals surface area contributed by atoms with Crippen LogP contribution >= 0.6 is 11.3 Å². The minimum absolute atomic E-state index is 0.138. The van der Waals surface area contributed by atoms with E-state index in [4.69, 9.17) is 9.47 Å². The summed E-state index contributed by atoms with van der Waals surface area (Å²) in [5.74, 6) is -0.0191. The first-order chi connectivity index (χ1) is 15.2. The van der Waals surface area contributed by atoms with E-state index in [2.05, 4.69) is 15.2 Å². The molecule has 0 bridgehead atoms. The molecule has 2 aromatic heterocycles. The molecule has 4 rings (SSSR count). The van der Waals surface area contributed by atoms with Gasteiger partial charge in [-0.3, -0.25) is 14.5 Å². The van der Waals surface area contributed by atoms with Gasteiger partial charge in [-0.2, -0.15) is 0 Å². The molecule has 0 radical (unpaired) electrons. The zero-order chi connectivity index (χ0) is 21.6. The first-order valence-electron chi connectivity index (χ1n) is 10.9. The number of pyridine rings is 1. The van der Waals surface area contributed by atoms with E-state index in [0.717, 1.165) is 41.7 Å². The number of fused-ring (bicyclic) bond motifs is 1. The van der Waals surface area contributed by atoms with Crippen molar-refractivity contribution >= 4 is 33.4 Å². The van der Waals surface area contributed by atoms with Gasteiger partial charge in [-0.05, 0) is 32.0 Å². The van der Waals surface area contributed by atoms with Crippen LogP contribution in [0.4, 0.5) is 0 Å². The minimum Gasteiger partial charge on any atom is -0.383 e. The molecule has 31 heavy (non-hydrogen) atoms. The Kier molecular flexibility index (Phi) is 7.49. The highest BCUT2D eigenvalue weighted by Gasteiger charge is 2.32. The summed E-state index contributed by atoms with van der Waals surface area (Å²) in [5, 5.41) is 3.82. The third kappa shape index (κ3) is 5.23. The molecule has 1 N–H and O–H groups in total. The fraction of sp³-hybridized carbons (Fsp3) is 0.591. The van der Waals surface area contributed by atoms with Crippen molar-refractivity contribution in [1.29, 1.82) is 0 Å². The monoisotopic (exact) mass is 446 g/mol. The molecule has 1 atom stereocenters. The summed E-state index contributed by atoms with van der Waals surface area (Å²) in [5.41, 5.74) is 0.832. The van der Waals surface area contributed by atoms with Crippen molar-refractivity contribution in [1.82, 2.24) is 20.1 Å². The lowest BCUT2D eigenvalue weighted by atomic mass is 10.0. The molecular weight excluding hydrogens is 416 g/mol.